The Hall–Kier alpha value is -2.66. The molecule has 1 aliphatic rings. The van der Waals surface area contributed by atoms with Crippen LogP contribution in [0.3, 0.4) is 0 Å². The maximum Gasteiger partial charge on any atom is 0.242 e. The summed E-state index contributed by atoms with van der Waals surface area (Å²) in [6.07, 6.45) is 1.17. The lowest BCUT2D eigenvalue weighted by atomic mass is 10.0. The average molecular weight is 378 g/mol. The second kappa shape index (κ2) is 7.53. The molecule has 5 heteroatoms. The lowest BCUT2D eigenvalue weighted by Crippen LogP contribution is -2.44. The zero-order valence-electron chi connectivity index (χ0n) is 15.3. The molecule has 0 unspecified atom stereocenters. The third-order valence-electron chi connectivity index (χ3n) is 5.27. The van der Waals surface area contributed by atoms with Crippen molar-refractivity contribution in [3.63, 3.8) is 0 Å². The molecule has 4 nitrogen and oxygen atoms in total. The Balaban J connectivity index is 1.37. The Morgan fingerprint density at radius 1 is 1.15 bits per heavy atom. The molecule has 138 valence electrons. The van der Waals surface area contributed by atoms with Crippen LogP contribution in [0.2, 0.25) is 0 Å². The topological polar surface area (TPSA) is 49.4 Å². The molecule has 4 rings (SSSR count). The van der Waals surface area contributed by atoms with Gasteiger partial charge in [0.15, 0.2) is 0 Å². The van der Waals surface area contributed by atoms with Crippen LogP contribution in [0.25, 0.3) is 10.8 Å². The molecular weight excluding hydrogens is 356 g/mol. The molecule has 2 aromatic carbocycles. The number of amides is 2. The molecule has 0 saturated carbocycles. The van der Waals surface area contributed by atoms with Crippen molar-refractivity contribution in [1.29, 1.82) is 0 Å². The van der Waals surface area contributed by atoms with E-state index in [1.54, 1.807) is 11.3 Å². The van der Waals surface area contributed by atoms with Gasteiger partial charge in [-0.2, -0.15) is 0 Å². The molecule has 0 bridgehead atoms. The van der Waals surface area contributed by atoms with Gasteiger partial charge in [-0.15, -0.1) is 11.3 Å². The monoisotopic (exact) mass is 378 g/mol. The van der Waals surface area contributed by atoms with Gasteiger partial charge in [-0.05, 0) is 46.7 Å². The van der Waals surface area contributed by atoms with E-state index in [1.807, 2.05) is 47.4 Å². The van der Waals surface area contributed by atoms with Gasteiger partial charge in [-0.3, -0.25) is 9.59 Å². The van der Waals surface area contributed by atoms with E-state index < -0.39 is 0 Å². The molecule has 1 atom stereocenters. The Bertz CT molecular complexity index is 989. The summed E-state index contributed by atoms with van der Waals surface area (Å²) >= 11 is 1.76. The molecule has 0 spiro atoms. The van der Waals surface area contributed by atoms with Crippen molar-refractivity contribution < 1.29 is 9.59 Å². The van der Waals surface area contributed by atoms with Crippen molar-refractivity contribution in [3.8, 4) is 0 Å². The van der Waals surface area contributed by atoms with Gasteiger partial charge in [0.05, 0.1) is 19.0 Å². The smallest absolute Gasteiger partial charge is 0.242 e. The fraction of sp³-hybridized carbons (Fsp3) is 0.273. The summed E-state index contributed by atoms with van der Waals surface area (Å²) in [5.41, 5.74) is 2.22. The number of benzene rings is 2. The lowest BCUT2D eigenvalue weighted by Gasteiger charge is -2.33. The molecular formula is C22H22N2O2S. The second-order valence-electron chi connectivity index (χ2n) is 6.90. The Labute approximate surface area is 162 Å². The number of nitrogens with zero attached hydrogens (tertiary/aromatic N) is 1. The highest BCUT2D eigenvalue weighted by Crippen LogP contribution is 2.32. The van der Waals surface area contributed by atoms with Gasteiger partial charge >= 0.3 is 0 Å². The molecule has 1 aliphatic heterocycles. The normalized spacial score (nSPS) is 16.2. The van der Waals surface area contributed by atoms with Crippen molar-refractivity contribution >= 4 is 33.9 Å². The summed E-state index contributed by atoms with van der Waals surface area (Å²) in [5, 5.41) is 7.09. The number of hydrogen-bond donors (Lipinski definition) is 1. The minimum absolute atomic E-state index is 0.0226. The summed E-state index contributed by atoms with van der Waals surface area (Å²) in [4.78, 5) is 28.3. The number of carbonyl (C=O) groups excluding carboxylic acids is 2. The quantitative estimate of drug-likeness (QED) is 0.752. The molecule has 1 aromatic heterocycles. The first-order chi connectivity index (χ1) is 13.1. The van der Waals surface area contributed by atoms with Crippen LogP contribution in [0.5, 0.6) is 0 Å². The summed E-state index contributed by atoms with van der Waals surface area (Å²) in [7, 11) is 0. The number of fused-ring (bicyclic) bond motifs is 2. The van der Waals surface area contributed by atoms with Gasteiger partial charge < -0.3 is 10.2 Å². The van der Waals surface area contributed by atoms with Gasteiger partial charge in [0.2, 0.25) is 11.8 Å². The van der Waals surface area contributed by atoms with Crippen LogP contribution in [0, 0.1) is 0 Å². The van der Waals surface area contributed by atoms with Crippen molar-refractivity contribution in [2.75, 3.05) is 13.1 Å². The van der Waals surface area contributed by atoms with Crippen LogP contribution in [0.4, 0.5) is 0 Å². The molecule has 2 heterocycles. The molecule has 3 aromatic rings. The van der Waals surface area contributed by atoms with E-state index in [0.717, 1.165) is 22.8 Å². The number of thiophene rings is 1. The third kappa shape index (κ3) is 3.60. The fourth-order valence-electron chi connectivity index (χ4n) is 3.81. The minimum atomic E-state index is -0.124. The van der Waals surface area contributed by atoms with Crippen LogP contribution in [0.15, 0.2) is 53.9 Å². The summed E-state index contributed by atoms with van der Waals surface area (Å²) in [6, 6.07) is 16.2. The molecule has 0 saturated heterocycles. The second-order valence-corrected chi connectivity index (χ2v) is 7.90. The number of nitrogens with one attached hydrogen (secondary N) is 1. The molecule has 2 amide bonds. The Kier molecular flexibility index (Phi) is 4.94. The van der Waals surface area contributed by atoms with Gasteiger partial charge in [-0.25, -0.2) is 0 Å². The van der Waals surface area contributed by atoms with E-state index >= 15 is 0 Å². The van der Waals surface area contributed by atoms with Crippen LogP contribution >= 0.6 is 11.3 Å². The van der Waals surface area contributed by atoms with E-state index in [0.29, 0.717) is 6.54 Å². The van der Waals surface area contributed by atoms with E-state index in [4.69, 9.17) is 0 Å². The lowest BCUT2D eigenvalue weighted by molar-refractivity contribution is -0.134. The van der Waals surface area contributed by atoms with Gasteiger partial charge in [0.1, 0.15) is 0 Å². The zero-order chi connectivity index (χ0) is 18.8. The van der Waals surface area contributed by atoms with Crippen molar-refractivity contribution in [2.24, 2.45) is 0 Å². The SMILES string of the molecule is C[C@@H]1c2ccsc2CCN1C(=O)CNC(=O)Cc1cccc2ccccc12. The van der Waals surface area contributed by atoms with E-state index in [-0.39, 0.29) is 30.8 Å². The first kappa shape index (κ1) is 17.7. The zero-order valence-corrected chi connectivity index (χ0v) is 16.1. The Morgan fingerprint density at radius 2 is 1.96 bits per heavy atom. The number of rotatable bonds is 4. The van der Waals surface area contributed by atoms with Crippen LogP contribution < -0.4 is 5.32 Å². The average Bonchev–Trinajstić information content (AvgIpc) is 3.16. The number of carbonyl (C=O) groups is 2. The maximum atomic E-state index is 12.6. The van der Waals surface area contributed by atoms with Crippen molar-refractivity contribution in [3.05, 3.63) is 69.9 Å². The van der Waals surface area contributed by atoms with Gasteiger partial charge in [0.25, 0.3) is 0 Å². The predicted molar refractivity (Wildman–Crippen MR) is 109 cm³/mol. The summed E-state index contributed by atoms with van der Waals surface area (Å²) < 4.78 is 0. The van der Waals surface area contributed by atoms with E-state index in [2.05, 4.69) is 23.7 Å². The standard InChI is InChI=1S/C22H22N2O2S/c1-15-18-10-12-27-20(18)9-11-24(15)22(26)14-23-21(25)13-17-7-4-6-16-5-2-3-8-19(16)17/h2-8,10,12,15H,9,11,13-14H2,1H3,(H,23,25)/t15-/m1/s1. The maximum absolute atomic E-state index is 12.6. The van der Waals surface area contributed by atoms with E-state index in [9.17, 15) is 9.59 Å². The van der Waals surface area contributed by atoms with Gasteiger partial charge in [-0.1, -0.05) is 42.5 Å². The van der Waals surface area contributed by atoms with Crippen LogP contribution in [0.1, 0.15) is 29.0 Å². The summed E-state index contributed by atoms with van der Waals surface area (Å²) in [5.74, 6) is -0.147. The number of hydrogen-bond acceptors (Lipinski definition) is 3. The first-order valence-corrected chi connectivity index (χ1v) is 10.1. The van der Waals surface area contributed by atoms with Crippen LogP contribution in [-0.4, -0.2) is 29.8 Å². The van der Waals surface area contributed by atoms with Crippen molar-refractivity contribution in [2.45, 2.75) is 25.8 Å². The highest BCUT2D eigenvalue weighted by atomic mass is 32.1. The molecule has 0 aliphatic carbocycles. The van der Waals surface area contributed by atoms with Crippen molar-refractivity contribution in [1.82, 2.24) is 10.2 Å². The summed E-state index contributed by atoms with van der Waals surface area (Å²) in [6.45, 7) is 2.82. The van der Waals surface area contributed by atoms with E-state index in [1.165, 1.54) is 10.4 Å². The Morgan fingerprint density at radius 3 is 2.85 bits per heavy atom. The first-order valence-electron chi connectivity index (χ1n) is 9.22. The van der Waals surface area contributed by atoms with Crippen LogP contribution in [-0.2, 0) is 22.4 Å². The molecule has 27 heavy (non-hydrogen) atoms. The predicted octanol–water partition coefficient (Wildman–Crippen LogP) is 3.71. The highest BCUT2D eigenvalue weighted by Gasteiger charge is 2.28. The van der Waals surface area contributed by atoms with Gasteiger partial charge in [0, 0.05) is 11.4 Å². The molecule has 1 N–H and O–H groups in total. The third-order valence-corrected chi connectivity index (χ3v) is 6.26. The fourth-order valence-corrected chi connectivity index (χ4v) is 4.77. The largest absolute Gasteiger partial charge is 0.347 e. The highest BCUT2D eigenvalue weighted by molar-refractivity contribution is 7.10. The molecule has 0 radical (unpaired) electrons. The molecule has 0 fully saturated rings. The minimum Gasteiger partial charge on any atom is -0.347 e.